The largest absolute Gasteiger partial charge is 0.353 e. The van der Waals surface area contributed by atoms with E-state index in [1.54, 1.807) is 18.2 Å². The summed E-state index contributed by atoms with van der Waals surface area (Å²) in [7, 11) is 0. The van der Waals surface area contributed by atoms with Crippen molar-refractivity contribution in [2.75, 3.05) is 6.54 Å². The van der Waals surface area contributed by atoms with Crippen LogP contribution in [0.1, 0.15) is 24.5 Å². The fourth-order valence-electron chi connectivity index (χ4n) is 3.05. The smallest absolute Gasteiger partial charge is 0.267 e. The van der Waals surface area contributed by atoms with Crippen molar-refractivity contribution in [3.63, 3.8) is 0 Å². The Morgan fingerprint density at radius 2 is 1.87 bits per heavy atom. The Balaban J connectivity index is 1.36. The number of hydrogen-bond donors (Lipinski definition) is 1. The number of halogens is 1. The molecule has 4 rings (SSSR count). The summed E-state index contributed by atoms with van der Waals surface area (Å²) in [6.07, 6.45) is 3.64. The van der Waals surface area contributed by atoms with Gasteiger partial charge in [-0.25, -0.2) is 14.1 Å². The van der Waals surface area contributed by atoms with Gasteiger partial charge in [-0.2, -0.15) is 5.10 Å². The average Bonchev–Trinajstić information content (AvgIpc) is 3.57. The first-order chi connectivity index (χ1) is 14.5. The van der Waals surface area contributed by atoms with Gasteiger partial charge in [-0.3, -0.25) is 19.0 Å². The van der Waals surface area contributed by atoms with E-state index < -0.39 is 11.5 Å². The lowest BCUT2D eigenvalue weighted by Gasteiger charge is -2.09. The Hall–Kier alpha value is -3.62. The average molecular weight is 409 g/mol. The molecule has 1 amide bonds. The summed E-state index contributed by atoms with van der Waals surface area (Å²) < 4.78 is 15.6. The molecule has 154 valence electrons. The second kappa shape index (κ2) is 8.40. The predicted molar refractivity (Wildman–Crippen MR) is 107 cm³/mol. The van der Waals surface area contributed by atoms with Crippen molar-refractivity contribution in [3.8, 4) is 11.3 Å². The van der Waals surface area contributed by atoms with Crippen molar-refractivity contribution in [2.24, 2.45) is 0 Å². The Morgan fingerprint density at radius 3 is 2.57 bits per heavy atom. The van der Waals surface area contributed by atoms with E-state index in [9.17, 15) is 18.8 Å². The fraction of sp³-hybridized carbons (Fsp3) is 0.286. The third-order valence-electron chi connectivity index (χ3n) is 4.87. The Morgan fingerprint density at radius 1 is 1.10 bits per heavy atom. The molecule has 2 aromatic heterocycles. The lowest BCUT2D eigenvalue weighted by atomic mass is 10.1. The van der Waals surface area contributed by atoms with Gasteiger partial charge in [-0.1, -0.05) is 0 Å². The van der Waals surface area contributed by atoms with Gasteiger partial charge in [0.2, 0.25) is 5.91 Å². The number of amides is 1. The van der Waals surface area contributed by atoms with Crippen LogP contribution >= 0.6 is 0 Å². The third kappa shape index (κ3) is 4.68. The van der Waals surface area contributed by atoms with Crippen LogP contribution < -0.4 is 16.4 Å². The molecule has 1 N–H and O–H groups in total. The van der Waals surface area contributed by atoms with Gasteiger partial charge in [0, 0.05) is 36.7 Å². The second-order valence-corrected chi connectivity index (χ2v) is 7.19. The summed E-state index contributed by atoms with van der Waals surface area (Å²) in [6, 6.07) is 10.1. The van der Waals surface area contributed by atoms with E-state index in [2.05, 4.69) is 15.4 Å². The third-order valence-corrected chi connectivity index (χ3v) is 4.87. The minimum absolute atomic E-state index is 0.147. The highest BCUT2D eigenvalue weighted by atomic mass is 19.1. The topological polar surface area (TPSA) is 98.9 Å². The summed E-state index contributed by atoms with van der Waals surface area (Å²) in [5, 5.41) is 6.86. The highest BCUT2D eigenvalue weighted by Crippen LogP contribution is 2.38. The summed E-state index contributed by atoms with van der Waals surface area (Å²) in [6.45, 7) is 0.234. The number of hydrogen-bond acceptors (Lipinski definition) is 5. The van der Waals surface area contributed by atoms with E-state index in [4.69, 9.17) is 0 Å². The molecule has 0 spiro atoms. The summed E-state index contributed by atoms with van der Waals surface area (Å²) >= 11 is 0. The lowest BCUT2D eigenvalue weighted by Crippen LogP contribution is -2.36. The Bertz CT molecular complexity index is 1180. The van der Waals surface area contributed by atoms with Crippen molar-refractivity contribution in [1.82, 2.24) is 24.6 Å². The van der Waals surface area contributed by atoms with E-state index in [1.807, 2.05) is 0 Å². The molecule has 1 saturated carbocycles. The quantitative estimate of drug-likeness (QED) is 0.634. The molecule has 1 fully saturated rings. The maximum Gasteiger partial charge on any atom is 0.267 e. The molecule has 0 atom stereocenters. The van der Waals surface area contributed by atoms with Gasteiger partial charge in [0.25, 0.3) is 11.1 Å². The standard InChI is InChI=1S/C21H20FN5O3/c22-16-5-3-14(4-6-16)17-7-8-20(29)27(25-17)12-19(28)23-9-10-26-13-24-18(11-21(26)30)15-1-2-15/h3-8,11,13,15H,1-2,9-10,12H2,(H,23,28). The molecule has 0 saturated heterocycles. The zero-order valence-corrected chi connectivity index (χ0v) is 16.1. The number of nitrogens with zero attached hydrogens (tertiary/aromatic N) is 4. The van der Waals surface area contributed by atoms with Gasteiger partial charge in [0.05, 0.1) is 17.7 Å². The number of rotatable bonds is 7. The van der Waals surface area contributed by atoms with E-state index in [0.717, 1.165) is 23.2 Å². The molecule has 0 unspecified atom stereocenters. The maximum atomic E-state index is 13.1. The normalized spacial score (nSPS) is 13.2. The summed E-state index contributed by atoms with van der Waals surface area (Å²) in [5.41, 5.74) is 1.34. The van der Waals surface area contributed by atoms with Crippen molar-refractivity contribution in [2.45, 2.75) is 31.8 Å². The Kier molecular flexibility index (Phi) is 5.51. The minimum atomic E-state index is -0.424. The number of aromatic nitrogens is 4. The molecule has 3 aromatic rings. The van der Waals surface area contributed by atoms with Crippen LogP contribution in [0.25, 0.3) is 11.3 Å². The van der Waals surface area contributed by atoms with Crippen molar-refractivity contribution in [3.05, 3.63) is 81.0 Å². The molecular weight excluding hydrogens is 389 g/mol. The number of carbonyl (C=O) groups is 1. The summed E-state index contributed by atoms with van der Waals surface area (Å²) in [5.74, 6) is -0.372. The molecule has 1 aliphatic rings. The first kappa shape index (κ1) is 19.7. The molecule has 0 radical (unpaired) electrons. The second-order valence-electron chi connectivity index (χ2n) is 7.19. The molecule has 0 bridgehead atoms. The van der Waals surface area contributed by atoms with Crippen LogP contribution in [0.2, 0.25) is 0 Å². The van der Waals surface area contributed by atoms with Crippen molar-refractivity contribution in [1.29, 1.82) is 0 Å². The van der Waals surface area contributed by atoms with Crippen molar-refractivity contribution >= 4 is 5.91 Å². The van der Waals surface area contributed by atoms with Gasteiger partial charge < -0.3 is 5.32 Å². The zero-order chi connectivity index (χ0) is 21.1. The van der Waals surface area contributed by atoms with Crippen LogP contribution in [0.15, 0.2) is 58.4 Å². The molecule has 9 heteroatoms. The molecule has 30 heavy (non-hydrogen) atoms. The molecule has 1 aromatic carbocycles. The SMILES string of the molecule is O=C(Cn1nc(-c2ccc(F)cc2)ccc1=O)NCCn1cnc(C2CC2)cc1=O. The van der Waals surface area contributed by atoms with Gasteiger partial charge in [0.15, 0.2) is 0 Å². The monoisotopic (exact) mass is 409 g/mol. The number of nitrogens with one attached hydrogen (secondary N) is 1. The molecule has 2 heterocycles. The van der Waals surface area contributed by atoms with Gasteiger partial charge in [-0.15, -0.1) is 0 Å². The maximum absolute atomic E-state index is 13.1. The predicted octanol–water partition coefficient (Wildman–Crippen LogP) is 1.30. The van der Waals surface area contributed by atoms with Crippen LogP contribution in [-0.2, 0) is 17.9 Å². The molecule has 8 nitrogen and oxygen atoms in total. The van der Waals surface area contributed by atoms with Crippen LogP contribution in [0.5, 0.6) is 0 Å². The first-order valence-corrected chi connectivity index (χ1v) is 9.67. The molecular formula is C21H20FN5O3. The Labute approximate surface area is 171 Å². The molecule has 1 aliphatic carbocycles. The minimum Gasteiger partial charge on any atom is -0.353 e. The highest BCUT2D eigenvalue weighted by molar-refractivity contribution is 5.75. The van der Waals surface area contributed by atoms with Gasteiger partial charge >= 0.3 is 0 Å². The zero-order valence-electron chi connectivity index (χ0n) is 16.1. The van der Waals surface area contributed by atoms with Crippen LogP contribution in [0.4, 0.5) is 4.39 Å². The lowest BCUT2D eigenvalue weighted by molar-refractivity contribution is -0.121. The van der Waals surface area contributed by atoms with Crippen LogP contribution in [0.3, 0.4) is 0 Å². The van der Waals surface area contributed by atoms with Crippen LogP contribution in [-0.4, -0.2) is 31.8 Å². The molecule has 0 aliphatic heterocycles. The van der Waals surface area contributed by atoms with E-state index in [0.29, 0.717) is 17.2 Å². The first-order valence-electron chi connectivity index (χ1n) is 9.67. The van der Waals surface area contributed by atoms with E-state index >= 15 is 0 Å². The number of carbonyl (C=O) groups excluding carboxylic acids is 1. The fourth-order valence-corrected chi connectivity index (χ4v) is 3.05. The highest BCUT2D eigenvalue weighted by Gasteiger charge is 2.25. The van der Waals surface area contributed by atoms with Gasteiger partial charge in [0.1, 0.15) is 12.4 Å². The van der Waals surface area contributed by atoms with Gasteiger partial charge in [-0.05, 0) is 43.2 Å². The summed E-state index contributed by atoms with van der Waals surface area (Å²) in [4.78, 5) is 40.7. The van der Waals surface area contributed by atoms with E-state index in [-0.39, 0.29) is 31.0 Å². The number of benzene rings is 1. The van der Waals surface area contributed by atoms with E-state index in [1.165, 1.54) is 35.2 Å². The van der Waals surface area contributed by atoms with Crippen LogP contribution in [0, 0.1) is 5.82 Å². The van der Waals surface area contributed by atoms with Crippen molar-refractivity contribution < 1.29 is 9.18 Å².